The van der Waals surface area contributed by atoms with Gasteiger partial charge in [0.25, 0.3) is 0 Å². The van der Waals surface area contributed by atoms with E-state index in [2.05, 4.69) is 0 Å². The van der Waals surface area contributed by atoms with Crippen molar-refractivity contribution in [3.05, 3.63) is 53.1 Å². The van der Waals surface area contributed by atoms with Crippen LogP contribution in [0.15, 0.2) is 47.4 Å². The lowest BCUT2D eigenvalue weighted by molar-refractivity contribution is -0.116. The summed E-state index contributed by atoms with van der Waals surface area (Å²) in [6.07, 6.45) is 1.95. The molecule has 0 unspecified atom stereocenters. The molecule has 0 aromatic heterocycles. The van der Waals surface area contributed by atoms with E-state index in [1.165, 1.54) is 17.3 Å². The van der Waals surface area contributed by atoms with Gasteiger partial charge in [0.05, 0.1) is 17.9 Å². The Labute approximate surface area is 145 Å². The van der Waals surface area contributed by atoms with Crippen LogP contribution in [0.5, 0.6) is 5.75 Å². The van der Waals surface area contributed by atoms with E-state index in [0.29, 0.717) is 10.8 Å². The number of hydrogen-bond donors (Lipinski definition) is 0. The number of rotatable bonds is 4. The first-order chi connectivity index (χ1) is 11.2. The average molecular weight is 348 g/mol. The maximum atomic E-state index is 12.6. The number of ether oxygens (including phenoxy) is 1. The van der Waals surface area contributed by atoms with Gasteiger partial charge in [-0.3, -0.25) is 4.79 Å². The summed E-state index contributed by atoms with van der Waals surface area (Å²) >= 11 is 7.63. The predicted molar refractivity (Wildman–Crippen MR) is 95.8 cm³/mol. The predicted octanol–water partition coefficient (Wildman–Crippen LogP) is 4.42. The molecule has 0 aliphatic carbocycles. The van der Waals surface area contributed by atoms with E-state index in [1.807, 2.05) is 47.4 Å². The molecule has 0 radical (unpaired) electrons. The number of carbonyl (C=O) groups is 1. The van der Waals surface area contributed by atoms with Gasteiger partial charge in [-0.2, -0.15) is 0 Å². The van der Waals surface area contributed by atoms with E-state index in [4.69, 9.17) is 16.3 Å². The van der Waals surface area contributed by atoms with Crippen LogP contribution in [-0.2, 0) is 11.2 Å². The zero-order valence-electron chi connectivity index (χ0n) is 12.9. The van der Waals surface area contributed by atoms with Crippen LogP contribution in [0, 0.1) is 0 Å². The number of nitrogens with zero attached hydrogens (tertiary/aromatic N) is 1. The van der Waals surface area contributed by atoms with Gasteiger partial charge in [0.2, 0.25) is 5.91 Å². The fourth-order valence-corrected chi connectivity index (χ4v) is 3.85. The van der Waals surface area contributed by atoms with Gasteiger partial charge in [0.1, 0.15) is 5.75 Å². The lowest BCUT2D eigenvalue weighted by atomic mass is 10.0. The third-order valence-corrected chi connectivity index (χ3v) is 5.39. The first-order valence-corrected chi connectivity index (χ1v) is 8.90. The largest absolute Gasteiger partial charge is 0.497 e. The Morgan fingerprint density at radius 1 is 1.30 bits per heavy atom. The van der Waals surface area contributed by atoms with Gasteiger partial charge in [-0.25, -0.2) is 0 Å². The molecule has 3 nitrogen and oxygen atoms in total. The van der Waals surface area contributed by atoms with Crippen LogP contribution in [0.2, 0.25) is 5.02 Å². The zero-order valence-corrected chi connectivity index (χ0v) is 14.5. The van der Waals surface area contributed by atoms with E-state index in [1.54, 1.807) is 7.11 Å². The Morgan fingerprint density at radius 3 is 2.91 bits per heavy atom. The molecule has 0 N–H and O–H groups in total. The molecule has 0 fully saturated rings. The fraction of sp³-hybridized carbons (Fsp3) is 0.278. The maximum absolute atomic E-state index is 12.6. The summed E-state index contributed by atoms with van der Waals surface area (Å²) in [5.41, 5.74) is 2.17. The van der Waals surface area contributed by atoms with E-state index in [-0.39, 0.29) is 5.91 Å². The first kappa shape index (κ1) is 16.2. The molecule has 1 aliphatic heterocycles. The first-order valence-electron chi connectivity index (χ1n) is 7.53. The minimum atomic E-state index is 0.112. The van der Waals surface area contributed by atoms with Crippen molar-refractivity contribution in [3.63, 3.8) is 0 Å². The van der Waals surface area contributed by atoms with Crippen molar-refractivity contribution in [2.75, 3.05) is 24.3 Å². The van der Waals surface area contributed by atoms with Gasteiger partial charge in [-0.05, 0) is 48.7 Å². The Balaban J connectivity index is 1.73. The molecule has 2 aromatic rings. The molecule has 1 amide bonds. The highest BCUT2D eigenvalue weighted by molar-refractivity contribution is 8.00. The van der Waals surface area contributed by atoms with Crippen LogP contribution in [0.3, 0.4) is 0 Å². The summed E-state index contributed by atoms with van der Waals surface area (Å²) in [4.78, 5) is 15.4. The Morgan fingerprint density at radius 2 is 2.13 bits per heavy atom. The monoisotopic (exact) mass is 347 g/mol. The number of anilines is 1. The summed E-state index contributed by atoms with van der Waals surface area (Å²) in [5.74, 6) is 1.33. The summed E-state index contributed by atoms with van der Waals surface area (Å²) in [6.45, 7) is 0.765. The van der Waals surface area contributed by atoms with Crippen LogP contribution in [0.1, 0.15) is 12.0 Å². The van der Waals surface area contributed by atoms with Gasteiger partial charge in [0.15, 0.2) is 0 Å². The van der Waals surface area contributed by atoms with Crippen molar-refractivity contribution in [2.45, 2.75) is 17.7 Å². The van der Waals surface area contributed by atoms with Crippen LogP contribution in [-0.4, -0.2) is 25.3 Å². The molecule has 0 bridgehead atoms. The van der Waals surface area contributed by atoms with Crippen LogP contribution in [0.4, 0.5) is 5.69 Å². The fourth-order valence-electron chi connectivity index (χ4n) is 2.74. The summed E-state index contributed by atoms with van der Waals surface area (Å²) in [5, 5.41) is 0.689. The second kappa shape index (κ2) is 7.28. The molecule has 0 saturated carbocycles. The van der Waals surface area contributed by atoms with Crippen molar-refractivity contribution in [1.29, 1.82) is 0 Å². The van der Waals surface area contributed by atoms with Crippen molar-refractivity contribution >= 4 is 35.0 Å². The van der Waals surface area contributed by atoms with E-state index < -0.39 is 0 Å². The number of hydrogen-bond acceptors (Lipinski definition) is 3. The van der Waals surface area contributed by atoms with Gasteiger partial charge in [-0.1, -0.05) is 23.7 Å². The number of benzene rings is 2. The van der Waals surface area contributed by atoms with Gasteiger partial charge < -0.3 is 9.64 Å². The SMILES string of the molecule is COc1ccc2c(c1)CCCN2C(=O)CSc1ccccc1Cl. The van der Waals surface area contributed by atoms with Crippen molar-refractivity contribution < 1.29 is 9.53 Å². The molecule has 23 heavy (non-hydrogen) atoms. The number of aryl methyl sites for hydroxylation is 1. The Hall–Kier alpha value is -1.65. The van der Waals surface area contributed by atoms with E-state index in [9.17, 15) is 4.79 Å². The Bertz CT molecular complexity index is 720. The number of methoxy groups -OCH3 is 1. The zero-order chi connectivity index (χ0) is 16.2. The third kappa shape index (κ3) is 3.65. The molecule has 0 spiro atoms. The number of amides is 1. The highest BCUT2D eigenvalue weighted by Gasteiger charge is 2.23. The number of fused-ring (bicyclic) bond motifs is 1. The van der Waals surface area contributed by atoms with Gasteiger partial charge in [-0.15, -0.1) is 11.8 Å². The molecule has 0 atom stereocenters. The smallest absolute Gasteiger partial charge is 0.237 e. The molecular formula is C18H18ClNO2S. The number of thioether (sulfide) groups is 1. The molecule has 1 heterocycles. The minimum absolute atomic E-state index is 0.112. The third-order valence-electron chi connectivity index (χ3n) is 3.89. The van der Waals surface area contributed by atoms with E-state index in [0.717, 1.165) is 35.7 Å². The van der Waals surface area contributed by atoms with Crippen molar-refractivity contribution in [1.82, 2.24) is 0 Å². The molecular weight excluding hydrogens is 330 g/mol. The number of carbonyl (C=O) groups excluding carboxylic acids is 1. The molecule has 5 heteroatoms. The quantitative estimate of drug-likeness (QED) is 0.767. The van der Waals surface area contributed by atoms with Crippen LogP contribution >= 0.6 is 23.4 Å². The van der Waals surface area contributed by atoms with Crippen molar-refractivity contribution in [3.8, 4) is 5.75 Å². The summed E-state index contributed by atoms with van der Waals surface area (Å²) < 4.78 is 5.27. The summed E-state index contributed by atoms with van der Waals surface area (Å²) in [7, 11) is 1.66. The molecule has 120 valence electrons. The Kier molecular flexibility index (Phi) is 5.13. The highest BCUT2D eigenvalue weighted by Crippen LogP contribution is 2.32. The lowest BCUT2D eigenvalue weighted by Gasteiger charge is -2.29. The second-order valence-corrected chi connectivity index (χ2v) is 6.79. The normalized spacial score (nSPS) is 13.6. The molecule has 0 saturated heterocycles. The molecule has 2 aromatic carbocycles. The minimum Gasteiger partial charge on any atom is -0.497 e. The topological polar surface area (TPSA) is 29.5 Å². The molecule has 3 rings (SSSR count). The molecule has 1 aliphatic rings. The standard InChI is InChI=1S/C18H18ClNO2S/c1-22-14-8-9-16-13(11-14)5-4-10-20(16)18(21)12-23-17-7-3-2-6-15(17)19/h2-3,6-9,11H,4-5,10,12H2,1H3. The van der Waals surface area contributed by atoms with Gasteiger partial charge in [0, 0.05) is 17.1 Å². The second-order valence-electron chi connectivity index (χ2n) is 5.36. The van der Waals surface area contributed by atoms with Crippen LogP contribution < -0.4 is 9.64 Å². The van der Waals surface area contributed by atoms with Gasteiger partial charge >= 0.3 is 0 Å². The lowest BCUT2D eigenvalue weighted by Crippen LogP contribution is -2.36. The number of halogens is 1. The van der Waals surface area contributed by atoms with Crippen molar-refractivity contribution in [2.24, 2.45) is 0 Å². The van der Waals surface area contributed by atoms with Crippen LogP contribution in [0.25, 0.3) is 0 Å². The van der Waals surface area contributed by atoms with E-state index >= 15 is 0 Å². The maximum Gasteiger partial charge on any atom is 0.237 e. The average Bonchev–Trinajstić information content (AvgIpc) is 2.59. The summed E-state index contributed by atoms with van der Waals surface area (Å²) in [6, 6.07) is 13.5. The highest BCUT2D eigenvalue weighted by atomic mass is 35.5.